The second kappa shape index (κ2) is 19.7. The molecule has 1 unspecified atom stereocenters. The molecular formula is C49H60N10O3. The molecule has 3 aliphatic rings. The lowest BCUT2D eigenvalue weighted by Gasteiger charge is -2.31. The Bertz CT molecular complexity index is 2400. The summed E-state index contributed by atoms with van der Waals surface area (Å²) in [6, 6.07) is 23.8. The second-order valence-electron chi connectivity index (χ2n) is 16.9. The van der Waals surface area contributed by atoms with Crippen molar-refractivity contribution < 1.29 is 14.4 Å². The summed E-state index contributed by atoms with van der Waals surface area (Å²) in [4.78, 5) is 58.9. The summed E-state index contributed by atoms with van der Waals surface area (Å²) >= 11 is 0. The van der Waals surface area contributed by atoms with Crippen molar-refractivity contribution in [1.29, 1.82) is 10.5 Å². The Labute approximate surface area is 367 Å². The summed E-state index contributed by atoms with van der Waals surface area (Å²) < 4.78 is 0. The number of hydrogen-bond donors (Lipinski definition) is 1. The van der Waals surface area contributed by atoms with Crippen LogP contribution in [0.5, 0.6) is 0 Å². The fourth-order valence-corrected chi connectivity index (χ4v) is 9.20. The average molecular weight is 837 g/mol. The molecule has 4 atom stereocenters. The van der Waals surface area contributed by atoms with E-state index in [0.717, 1.165) is 64.5 Å². The van der Waals surface area contributed by atoms with Gasteiger partial charge in [-0.1, -0.05) is 24.3 Å². The normalized spacial score (nSPS) is 19.5. The topological polar surface area (TPSA) is 153 Å². The van der Waals surface area contributed by atoms with Crippen molar-refractivity contribution in [2.24, 2.45) is 0 Å². The van der Waals surface area contributed by atoms with E-state index < -0.39 is 6.04 Å². The van der Waals surface area contributed by atoms with E-state index >= 15 is 0 Å². The molecule has 13 heteroatoms. The maximum atomic E-state index is 14.1. The Morgan fingerprint density at radius 1 is 0.758 bits per heavy atom. The average Bonchev–Trinajstić information content (AvgIpc) is 4.02. The van der Waals surface area contributed by atoms with Gasteiger partial charge in [0.15, 0.2) is 5.78 Å². The van der Waals surface area contributed by atoms with Gasteiger partial charge in [-0.2, -0.15) is 10.5 Å². The fourth-order valence-electron chi connectivity index (χ4n) is 9.20. The number of Topliss-reactive ketones (excluding diaryl/α,β-unsaturated/α-hetero) is 1. The quantitative estimate of drug-likeness (QED) is 0.193. The van der Waals surface area contributed by atoms with Gasteiger partial charge in [-0.3, -0.25) is 19.3 Å². The van der Waals surface area contributed by atoms with Gasteiger partial charge < -0.3 is 24.9 Å². The molecule has 2 aromatic heterocycles. The summed E-state index contributed by atoms with van der Waals surface area (Å²) in [5, 5.41) is 23.0. The number of ketones is 1. The molecule has 0 saturated carbocycles. The Hall–Kier alpha value is -6.15. The van der Waals surface area contributed by atoms with Gasteiger partial charge in [-0.05, 0) is 140 Å². The van der Waals surface area contributed by atoms with Gasteiger partial charge in [0.2, 0.25) is 11.8 Å². The van der Waals surface area contributed by atoms with Crippen molar-refractivity contribution in [3.05, 3.63) is 105 Å². The van der Waals surface area contributed by atoms with Gasteiger partial charge >= 0.3 is 0 Å². The van der Waals surface area contributed by atoms with Crippen LogP contribution in [0.3, 0.4) is 0 Å². The monoisotopic (exact) mass is 836 g/mol. The summed E-state index contributed by atoms with van der Waals surface area (Å²) in [7, 11) is 2.17. The molecule has 62 heavy (non-hydrogen) atoms. The summed E-state index contributed by atoms with van der Waals surface area (Å²) in [6.45, 7) is 19.4. The summed E-state index contributed by atoms with van der Waals surface area (Å²) in [5.41, 5.74) is 8.19. The van der Waals surface area contributed by atoms with E-state index in [2.05, 4.69) is 45.4 Å². The van der Waals surface area contributed by atoms with Crippen LogP contribution in [0.1, 0.15) is 77.9 Å². The van der Waals surface area contributed by atoms with Crippen molar-refractivity contribution in [1.82, 2.24) is 20.2 Å². The standard InChI is InChI=1S/C27H36N6O.C22H24N4O2/c1-6-32(21-9-7-8-18(2)12-21)27(34)25-14-23(31(5)22-10-11-29-16-22)17-33(25)26-24(15-28)19(3)13-20(4)30-26;1-5-25(17-8-6-7-14(2)9-17)22(28)20-11-18(27)13-26(20)21-19(12-23)15(3)10-16(4)24-21/h7-9,12-13,22-23,25,29H,6,10-11,14,16-17H2,1-5H3;6-10,20H,5,11,13H2,1-4H3/t22?,23-,25-;20-/m00/s1. The molecule has 3 fully saturated rings. The SMILES string of the molecule is CCN(C(=O)[C@@H]1CC(=O)CN1c1nc(C)cc(C)c1C#N)c1cccc(C)c1.CCN(C(=O)[C@@H]1C[C@H](N(C)C2CCNC2)CN1c1nc(C)cc(C)c1C#N)c1cccc(C)c1. The first-order valence-corrected chi connectivity index (χ1v) is 21.7. The predicted molar refractivity (Wildman–Crippen MR) is 245 cm³/mol. The van der Waals surface area contributed by atoms with Crippen LogP contribution >= 0.6 is 0 Å². The number of likely N-dealkylation sites (N-methyl/N-ethyl adjacent to an activating group) is 3. The van der Waals surface area contributed by atoms with Crippen LogP contribution in [0.15, 0.2) is 60.7 Å². The number of pyridine rings is 2. The second-order valence-corrected chi connectivity index (χ2v) is 16.9. The van der Waals surface area contributed by atoms with Crippen LogP contribution in [0, 0.1) is 64.2 Å². The molecule has 3 aliphatic heterocycles. The van der Waals surface area contributed by atoms with E-state index in [-0.39, 0.29) is 42.6 Å². The highest BCUT2D eigenvalue weighted by atomic mass is 16.2. The van der Waals surface area contributed by atoms with E-state index in [1.807, 2.05) is 115 Å². The van der Waals surface area contributed by atoms with Crippen LogP contribution in [0.25, 0.3) is 0 Å². The van der Waals surface area contributed by atoms with Crippen LogP contribution < -0.4 is 24.9 Å². The number of anilines is 4. The lowest BCUT2D eigenvalue weighted by Crippen LogP contribution is -2.46. The number of aryl methyl sites for hydroxylation is 6. The van der Waals surface area contributed by atoms with Crippen molar-refractivity contribution in [2.45, 2.75) is 98.8 Å². The van der Waals surface area contributed by atoms with Gasteiger partial charge in [0, 0.05) is 67.4 Å². The van der Waals surface area contributed by atoms with E-state index in [0.29, 0.717) is 54.9 Å². The molecule has 5 heterocycles. The Morgan fingerprint density at radius 2 is 1.27 bits per heavy atom. The first-order valence-electron chi connectivity index (χ1n) is 21.7. The van der Waals surface area contributed by atoms with Gasteiger partial charge in [-0.15, -0.1) is 0 Å². The molecule has 3 saturated heterocycles. The Kier molecular flexibility index (Phi) is 14.4. The van der Waals surface area contributed by atoms with Crippen molar-refractivity contribution in [3.8, 4) is 12.1 Å². The highest BCUT2D eigenvalue weighted by Gasteiger charge is 2.44. The zero-order valence-corrected chi connectivity index (χ0v) is 37.7. The number of rotatable bonds is 10. The molecule has 2 amide bonds. The molecule has 0 bridgehead atoms. The van der Waals surface area contributed by atoms with Crippen molar-refractivity contribution in [3.63, 3.8) is 0 Å². The van der Waals surface area contributed by atoms with E-state index in [9.17, 15) is 24.9 Å². The minimum atomic E-state index is -0.659. The number of carbonyl (C=O) groups is 3. The van der Waals surface area contributed by atoms with Crippen LogP contribution in [0.4, 0.5) is 23.0 Å². The maximum Gasteiger partial charge on any atom is 0.250 e. The highest BCUT2D eigenvalue weighted by Crippen LogP contribution is 2.34. The van der Waals surface area contributed by atoms with Gasteiger partial charge in [0.1, 0.15) is 35.9 Å². The van der Waals surface area contributed by atoms with Crippen LogP contribution in [-0.4, -0.2) is 103 Å². The zero-order chi connectivity index (χ0) is 44.8. The van der Waals surface area contributed by atoms with Crippen LogP contribution in [0.2, 0.25) is 0 Å². The molecule has 2 aromatic carbocycles. The number of benzene rings is 2. The van der Waals surface area contributed by atoms with E-state index in [1.54, 1.807) is 9.80 Å². The largest absolute Gasteiger partial charge is 0.342 e. The Balaban J connectivity index is 0.000000211. The van der Waals surface area contributed by atoms with Gasteiger partial charge in [0.05, 0.1) is 17.7 Å². The minimum Gasteiger partial charge on any atom is -0.342 e. The number of nitrogens with zero attached hydrogens (tertiary/aromatic N) is 9. The molecule has 7 rings (SSSR count). The first-order chi connectivity index (χ1) is 29.7. The van der Waals surface area contributed by atoms with Gasteiger partial charge in [-0.25, -0.2) is 9.97 Å². The van der Waals surface area contributed by atoms with E-state index in [1.165, 1.54) is 0 Å². The molecular weight excluding hydrogens is 777 g/mol. The molecule has 0 aliphatic carbocycles. The van der Waals surface area contributed by atoms with Crippen LogP contribution in [-0.2, 0) is 14.4 Å². The number of nitrogens with one attached hydrogen (secondary N) is 1. The smallest absolute Gasteiger partial charge is 0.250 e. The van der Waals surface area contributed by atoms with Crippen molar-refractivity contribution in [2.75, 3.05) is 65.9 Å². The van der Waals surface area contributed by atoms with Gasteiger partial charge in [0.25, 0.3) is 0 Å². The number of amides is 2. The summed E-state index contributed by atoms with van der Waals surface area (Å²) in [5.74, 6) is 0.953. The lowest BCUT2D eigenvalue weighted by molar-refractivity contribution is -0.122. The fraction of sp³-hybridized carbons (Fsp3) is 0.449. The number of hydrogen-bond acceptors (Lipinski definition) is 11. The number of aromatic nitrogens is 2. The van der Waals surface area contributed by atoms with Crippen molar-refractivity contribution >= 4 is 40.6 Å². The highest BCUT2D eigenvalue weighted by molar-refractivity contribution is 6.05. The molecule has 0 radical (unpaired) electrons. The number of nitriles is 2. The third kappa shape index (κ3) is 9.65. The first kappa shape index (κ1) is 45.4. The molecule has 324 valence electrons. The zero-order valence-electron chi connectivity index (χ0n) is 37.7. The third-order valence-electron chi connectivity index (χ3n) is 12.4. The molecule has 1 N–H and O–H groups in total. The molecule has 0 spiro atoms. The third-order valence-corrected chi connectivity index (χ3v) is 12.4. The minimum absolute atomic E-state index is 0.0245. The number of carbonyl (C=O) groups excluding carboxylic acids is 3. The maximum absolute atomic E-state index is 14.1. The summed E-state index contributed by atoms with van der Waals surface area (Å²) in [6.07, 6.45) is 1.95. The predicted octanol–water partition coefficient (Wildman–Crippen LogP) is 6.25. The molecule has 4 aromatic rings. The molecule has 13 nitrogen and oxygen atoms in total. The Morgan fingerprint density at radius 3 is 1.74 bits per heavy atom. The van der Waals surface area contributed by atoms with E-state index in [4.69, 9.17) is 4.98 Å². The lowest BCUT2D eigenvalue weighted by atomic mass is 10.1.